The van der Waals surface area contributed by atoms with Crippen molar-refractivity contribution in [1.82, 2.24) is 0 Å². The quantitative estimate of drug-likeness (QED) is 0.454. The Hall–Kier alpha value is -1.10. The van der Waals surface area contributed by atoms with Crippen LogP contribution >= 0.6 is 0 Å². The number of ether oxygens (including phenoxy) is 1. The first-order chi connectivity index (χ1) is 5.95. The van der Waals surface area contributed by atoms with Gasteiger partial charge in [-0.2, -0.15) is 0 Å². The molecule has 0 saturated carbocycles. The molecule has 76 valence electrons. The Bertz CT molecular complexity index is 188. The van der Waals surface area contributed by atoms with Gasteiger partial charge in [0.1, 0.15) is 5.41 Å². The number of rotatable bonds is 6. The summed E-state index contributed by atoms with van der Waals surface area (Å²) in [6.45, 7) is 1.75. The van der Waals surface area contributed by atoms with E-state index in [1.165, 1.54) is 14.0 Å². The summed E-state index contributed by atoms with van der Waals surface area (Å²) in [5, 5.41) is 8.76. The molecule has 0 aromatic rings. The maximum Gasteiger partial charge on any atom is 0.318 e. The van der Waals surface area contributed by atoms with Gasteiger partial charge >= 0.3 is 5.97 Å². The molecule has 5 nitrogen and oxygen atoms in total. The van der Waals surface area contributed by atoms with E-state index in [4.69, 9.17) is 15.6 Å². The van der Waals surface area contributed by atoms with E-state index in [1.54, 1.807) is 0 Å². The van der Waals surface area contributed by atoms with E-state index in [0.717, 1.165) is 0 Å². The van der Waals surface area contributed by atoms with Crippen molar-refractivity contribution in [1.29, 1.82) is 0 Å². The lowest BCUT2D eigenvalue weighted by Gasteiger charge is -2.20. The molecule has 1 atom stereocenters. The zero-order chi connectivity index (χ0) is 10.5. The Balaban J connectivity index is 4.26. The summed E-state index contributed by atoms with van der Waals surface area (Å²) in [5.74, 6) is -1.99. The van der Waals surface area contributed by atoms with Gasteiger partial charge in [-0.15, -0.1) is 0 Å². The number of nitrogens with two attached hydrogens (primary N) is 1. The predicted octanol–water partition coefficient (Wildman–Crippen LogP) is -0.0108. The van der Waals surface area contributed by atoms with Crippen LogP contribution in [0.25, 0.3) is 0 Å². The molecule has 5 heteroatoms. The van der Waals surface area contributed by atoms with Crippen LogP contribution in [0, 0.1) is 5.41 Å². The molecule has 1 amide bonds. The molecule has 0 aromatic heterocycles. The molecule has 13 heavy (non-hydrogen) atoms. The highest BCUT2D eigenvalue weighted by atomic mass is 16.5. The first-order valence-electron chi connectivity index (χ1n) is 3.97. The van der Waals surface area contributed by atoms with Gasteiger partial charge in [-0.05, 0) is 19.8 Å². The summed E-state index contributed by atoms with van der Waals surface area (Å²) < 4.78 is 4.75. The number of carboxylic acids is 1. The molecule has 0 saturated heterocycles. The summed E-state index contributed by atoms with van der Waals surface area (Å²) in [5.41, 5.74) is 3.52. The van der Waals surface area contributed by atoms with Crippen molar-refractivity contribution < 1.29 is 19.4 Å². The third-order valence-electron chi connectivity index (χ3n) is 2.04. The molecule has 0 radical (unpaired) electrons. The largest absolute Gasteiger partial charge is 0.480 e. The molecular formula is C8H15NO4. The lowest BCUT2D eigenvalue weighted by atomic mass is 9.85. The molecule has 3 N–H and O–H groups in total. The topological polar surface area (TPSA) is 89.6 Å². The van der Waals surface area contributed by atoms with E-state index in [1.807, 2.05) is 0 Å². The molecular weight excluding hydrogens is 174 g/mol. The van der Waals surface area contributed by atoms with Crippen LogP contribution in [-0.4, -0.2) is 30.7 Å². The van der Waals surface area contributed by atoms with Gasteiger partial charge in [-0.3, -0.25) is 9.59 Å². The number of hydrogen-bond acceptors (Lipinski definition) is 3. The minimum atomic E-state index is -1.47. The van der Waals surface area contributed by atoms with Gasteiger partial charge in [0.25, 0.3) is 0 Å². The highest BCUT2D eigenvalue weighted by Crippen LogP contribution is 2.22. The maximum absolute atomic E-state index is 10.9. The normalized spacial score (nSPS) is 14.9. The monoisotopic (exact) mass is 189 g/mol. The Labute approximate surface area is 76.9 Å². The van der Waals surface area contributed by atoms with Gasteiger partial charge in [-0.25, -0.2) is 0 Å². The van der Waals surface area contributed by atoms with E-state index < -0.39 is 17.3 Å². The number of amides is 1. The second-order valence-electron chi connectivity index (χ2n) is 3.10. The van der Waals surface area contributed by atoms with Gasteiger partial charge in [0.05, 0.1) is 0 Å². The molecule has 0 rings (SSSR count). The van der Waals surface area contributed by atoms with E-state index in [9.17, 15) is 9.59 Å². The van der Waals surface area contributed by atoms with Gasteiger partial charge in [0, 0.05) is 13.7 Å². The summed E-state index contributed by atoms with van der Waals surface area (Å²) >= 11 is 0. The Morgan fingerprint density at radius 1 is 1.54 bits per heavy atom. The Morgan fingerprint density at radius 3 is 2.38 bits per heavy atom. The number of primary amides is 1. The number of carboxylic acid groups (broad SMARTS) is 1. The van der Waals surface area contributed by atoms with Crippen LogP contribution in [0.1, 0.15) is 19.8 Å². The molecule has 0 heterocycles. The lowest BCUT2D eigenvalue weighted by molar-refractivity contribution is -0.154. The Kier molecular flexibility index (Phi) is 4.40. The van der Waals surface area contributed by atoms with Crippen LogP contribution < -0.4 is 5.73 Å². The highest BCUT2D eigenvalue weighted by molar-refractivity contribution is 6.00. The minimum absolute atomic E-state index is 0.200. The fourth-order valence-electron chi connectivity index (χ4n) is 0.906. The summed E-state index contributed by atoms with van der Waals surface area (Å²) in [4.78, 5) is 21.6. The maximum atomic E-state index is 10.9. The molecule has 1 unspecified atom stereocenters. The molecule has 0 aliphatic heterocycles. The summed E-state index contributed by atoms with van der Waals surface area (Å²) in [7, 11) is 1.52. The molecule has 0 spiro atoms. The van der Waals surface area contributed by atoms with Crippen molar-refractivity contribution in [3.63, 3.8) is 0 Å². The van der Waals surface area contributed by atoms with Crippen molar-refractivity contribution in [2.45, 2.75) is 19.8 Å². The standard InChI is InChI=1S/C8H15NO4/c1-8(6(9)10,7(11)12)4-3-5-13-2/h3-5H2,1-2H3,(H2,9,10)(H,11,12). The molecule has 0 bridgehead atoms. The van der Waals surface area contributed by atoms with E-state index >= 15 is 0 Å². The van der Waals surface area contributed by atoms with Crippen LogP contribution in [0.5, 0.6) is 0 Å². The average molecular weight is 189 g/mol. The Morgan fingerprint density at radius 2 is 2.08 bits per heavy atom. The van der Waals surface area contributed by atoms with Crippen molar-refractivity contribution in [3.05, 3.63) is 0 Å². The number of aliphatic carboxylic acids is 1. The van der Waals surface area contributed by atoms with Gasteiger partial charge in [0.15, 0.2) is 0 Å². The van der Waals surface area contributed by atoms with Crippen molar-refractivity contribution in [2.75, 3.05) is 13.7 Å². The lowest BCUT2D eigenvalue weighted by Crippen LogP contribution is -2.41. The SMILES string of the molecule is COCCCC(C)(C(N)=O)C(=O)O. The van der Waals surface area contributed by atoms with E-state index in [-0.39, 0.29) is 6.42 Å². The van der Waals surface area contributed by atoms with E-state index in [0.29, 0.717) is 13.0 Å². The first-order valence-corrected chi connectivity index (χ1v) is 3.97. The second kappa shape index (κ2) is 4.81. The first kappa shape index (κ1) is 11.9. The van der Waals surface area contributed by atoms with Crippen LogP contribution in [0.15, 0.2) is 0 Å². The summed E-state index contributed by atoms with van der Waals surface area (Å²) in [6.07, 6.45) is 0.702. The number of carbonyl (C=O) groups is 2. The summed E-state index contributed by atoms with van der Waals surface area (Å²) in [6, 6.07) is 0. The number of methoxy groups -OCH3 is 1. The predicted molar refractivity (Wildman–Crippen MR) is 46.0 cm³/mol. The zero-order valence-corrected chi connectivity index (χ0v) is 7.87. The number of carbonyl (C=O) groups excluding carboxylic acids is 1. The van der Waals surface area contributed by atoms with Crippen LogP contribution in [0.2, 0.25) is 0 Å². The van der Waals surface area contributed by atoms with Gasteiger partial charge < -0.3 is 15.6 Å². The van der Waals surface area contributed by atoms with Gasteiger partial charge in [-0.1, -0.05) is 0 Å². The van der Waals surface area contributed by atoms with Gasteiger partial charge in [0.2, 0.25) is 5.91 Å². The van der Waals surface area contributed by atoms with Crippen LogP contribution in [0.4, 0.5) is 0 Å². The highest BCUT2D eigenvalue weighted by Gasteiger charge is 2.38. The molecule has 0 aliphatic rings. The fourth-order valence-corrected chi connectivity index (χ4v) is 0.906. The van der Waals surface area contributed by atoms with Crippen LogP contribution in [-0.2, 0) is 14.3 Å². The molecule has 0 aromatic carbocycles. The number of hydrogen-bond donors (Lipinski definition) is 2. The minimum Gasteiger partial charge on any atom is -0.480 e. The molecule has 0 fully saturated rings. The van der Waals surface area contributed by atoms with Crippen molar-refractivity contribution in [3.8, 4) is 0 Å². The van der Waals surface area contributed by atoms with Crippen molar-refractivity contribution in [2.24, 2.45) is 11.1 Å². The third-order valence-corrected chi connectivity index (χ3v) is 2.04. The smallest absolute Gasteiger partial charge is 0.318 e. The zero-order valence-electron chi connectivity index (χ0n) is 7.87. The van der Waals surface area contributed by atoms with Crippen LogP contribution in [0.3, 0.4) is 0 Å². The molecule has 0 aliphatic carbocycles. The fraction of sp³-hybridized carbons (Fsp3) is 0.750. The third kappa shape index (κ3) is 3.02. The van der Waals surface area contributed by atoms with E-state index in [2.05, 4.69) is 0 Å². The average Bonchev–Trinajstić information content (AvgIpc) is 2.03. The second-order valence-corrected chi connectivity index (χ2v) is 3.10. The van der Waals surface area contributed by atoms with Crippen molar-refractivity contribution >= 4 is 11.9 Å².